The standard InChI is InChI=1S/C22H30O3/c1-2-3-4-5-6-7-8-9-10-11-12-13-15-18-21(23)19-16-14-17-20-22(24)25/h3-4,6-7,9-10,12-16,18H,2,5,8,11,17,19-20H2,1H3,(H,24,25). The largest absolute Gasteiger partial charge is 0.481 e. The SMILES string of the molecule is CCC=CCC=CCC=CCC=CC=CC(=O)CC=CCCC(=O)O. The second kappa shape index (κ2) is 17.9. The summed E-state index contributed by atoms with van der Waals surface area (Å²) >= 11 is 0. The van der Waals surface area contributed by atoms with Crippen LogP contribution in [-0.4, -0.2) is 16.9 Å². The number of aliphatic carboxylic acids is 1. The molecule has 3 heteroatoms. The zero-order chi connectivity index (χ0) is 18.6. The van der Waals surface area contributed by atoms with Crippen LogP contribution in [0.1, 0.15) is 51.9 Å². The maximum Gasteiger partial charge on any atom is 0.303 e. The minimum absolute atomic E-state index is 0.00836. The molecule has 0 aliphatic heterocycles. The molecule has 0 saturated carbocycles. The van der Waals surface area contributed by atoms with Crippen molar-refractivity contribution < 1.29 is 14.7 Å². The average Bonchev–Trinajstić information content (AvgIpc) is 2.58. The maximum atomic E-state index is 11.5. The van der Waals surface area contributed by atoms with Crippen molar-refractivity contribution in [3.8, 4) is 0 Å². The van der Waals surface area contributed by atoms with Gasteiger partial charge in [0.15, 0.2) is 5.78 Å². The fourth-order valence-corrected chi connectivity index (χ4v) is 1.80. The van der Waals surface area contributed by atoms with Crippen LogP contribution >= 0.6 is 0 Å². The molecule has 0 atom stereocenters. The first-order valence-corrected chi connectivity index (χ1v) is 8.84. The molecule has 0 aromatic rings. The first kappa shape index (κ1) is 22.6. The first-order chi connectivity index (χ1) is 12.2. The highest BCUT2D eigenvalue weighted by Crippen LogP contribution is 1.96. The van der Waals surface area contributed by atoms with Crippen LogP contribution in [0.5, 0.6) is 0 Å². The Kier molecular flexibility index (Phi) is 16.2. The van der Waals surface area contributed by atoms with E-state index in [-0.39, 0.29) is 12.2 Å². The summed E-state index contributed by atoms with van der Waals surface area (Å²) in [6.07, 6.45) is 28.2. The van der Waals surface area contributed by atoms with Crippen molar-refractivity contribution in [2.45, 2.75) is 51.9 Å². The molecule has 0 amide bonds. The van der Waals surface area contributed by atoms with E-state index in [9.17, 15) is 9.59 Å². The molecule has 3 nitrogen and oxygen atoms in total. The zero-order valence-corrected chi connectivity index (χ0v) is 15.1. The summed E-state index contributed by atoms with van der Waals surface area (Å²) in [7, 11) is 0. The molecule has 0 radical (unpaired) electrons. The lowest BCUT2D eigenvalue weighted by atomic mass is 10.2. The van der Waals surface area contributed by atoms with Crippen molar-refractivity contribution in [1.82, 2.24) is 0 Å². The van der Waals surface area contributed by atoms with Crippen LogP contribution in [0.4, 0.5) is 0 Å². The van der Waals surface area contributed by atoms with Crippen molar-refractivity contribution in [2.75, 3.05) is 0 Å². The zero-order valence-electron chi connectivity index (χ0n) is 15.1. The molecule has 0 fully saturated rings. The highest BCUT2D eigenvalue weighted by Gasteiger charge is 1.93. The Morgan fingerprint density at radius 3 is 1.96 bits per heavy atom. The molecule has 0 spiro atoms. The van der Waals surface area contributed by atoms with Gasteiger partial charge in [0.25, 0.3) is 0 Å². The molecule has 136 valence electrons. The number of carboxylic acids is 1. The highest BCUT2D eigenvalue weighted by molar-refractivity contribution is 5.90. The van der Waals surface area contributed by atoms with E-state index in [0.29, 0.717) is 12.8 Å². The highest BCUT2D eigenvalue weighted by atomic mass is 16.4. The maximum absolute atomic E-state index is 11.5. The smallest absolute Gasteiger partial charge is 0.303 e. The van der Waals surface area contributed by atoms with Crippen molar-refractivity contribution >= 4 is 11.8 Å². The number of hydrogen-bond donors (Lipinski definition) is 1. The van der Waals surface area contributed by atoms with Gasteiger partial charge in [-0.15, -0.1) is 0 Å². The lowest BCUT2D eigenvalue weighted by Crippen LogP contribution is -1.92. The lowest BCUT2D eigenvalue weighted by Gasteiger charge is -1.88. The lowest BCUT2D eigenvalue weighted by molar-refractivity contribution is -0.136. The van der Waals surface area contributed by atoms with Gasteiger partial charge in [-0.05, 0) is 38.2 Å². The average molecular weight is 342 g/mol. The number of carbonyl (C=O) groups excluding carboxylic acids is 1. The van der Waals surface area contributed by atoms with Crippen LogP contribution in [0, 0.1) is 0 Å². The Morgan fingerprint density at radius 1 is 0.760 bits per heavy atom. The minimum atomic E-state index is -0.824. The van der Waals surface area contributed by atoms with E-state index in [1.807, 2.05) is 12.2 Å². The second-order valence-electron chi connectivity index (χ2n) is 5.39. The third-order valence-corrected chi connectivity index (χ3v) is 3.09. The molecule has 0 unspecified atom stereocenters. The molecule has 0 aliphatic rings. The van der Waals surface area contributed by atoms with Gasteiger partial charge in [-0.3, -0.25) is 9.59 Å². The molecular weight excluding hydrogens is 312 g/mol. The van der Waals surface area contributed by atoms with Gasteiger partial charge < -0.3 is 5.11 Å². The Morgan fingerprint density at radius 2 is 1.36 bits per heavy atom. The summed E-state index contributed by atoms with van der Waals surface area (Å²) in [6.45, 7) is 2.13. The van der Waals surface area contributed by atoms with Gasteiger partial charge in [-0.25, -0.2) is 0 Å². The van der Waals surface area contributed by atoms with Crippen LogP contribution in [0.25, 0.3) is 0 Å². The third-order valence-electron chi connectivity index (χ3n) is 3.09. The second-order valence-corrected chi connectivity index (χ2v) is 5.39. The number of rotatable bonds is 14. The fourth-order valence-electron chi connectivity index (χ4n) is 1.80. The van der Waals surface area contributed by atoms with Crippen molar-refractivity contribution in [3.63, 3.8) is 0 Å². The Hall–Kier alpha value is -2.42. The number of carboxylic acid groups (broad SMARTS) is 1. The summed E-state index contributed by atoms with van der Waals surface area (Å²) in [4.78, 5) is 21.8. The van der Waals surface area contributed by atoms with E-state index >= 15 is 0 Å². The van der Waals surface area contributed by atoms with E-state index in [1.165, 1.54) is 6.08 Å². The third kappa shape index (κ3) is 19.5. The quantitative estimate of drug-likeness (QED) is 0.249. The van der Waals surface area contributed by atoms with Crippen LogP contribution in [-0.2, 0) is 9.59 Å². The molecule has 0 rings (SSSR count). The molecule has 25 heavy (non-hydrogen) atoms. The van der Waals surface area contributed by atoms with E-state index < -0.39 is 5.97 Å². The summed E-state index contributed by atoms with van der Waals surface area (Å²) in [5.74, 6) is -0.816. The summed E-state index contributed by atoms with van der Waals surface area (Å²) in [5, 5.41) is 8.48. The molecule has 0 bridgehead atoms. The topological polar surface area (TPSA) is 54.4 Å². The Labute approximate surface area is 151 Å². The van der Waals surface area contributed by atoms with E-state index in [0.717, 1.165) is 25.7 Å². The van der Waals surface area contributed by atoms with E-state index in [4.69, 9.17) is 5.11 Å². The summed E-state index contributed by atoms with van der Waals surface area (Å²) in [5.41, 5.74) is 0. The predicted molar refractivity (Wildman–Crippen MR) is 105 cm³/mol. The summed E-state index contributed by atoms with van der Waals surface area (Å²) in [6, 6.07) is 0. The molecule has 0 saturated heterocycles. The first-order valence-electron chi connectivity index (χ1n) is 8.84. The molecule has 0 aromatic heterocycles. The van der Waals surface area contributed by atoms with Crippen LogP contribution in [0.2, 0.25) is 0 Å². The number of allylic oxidation sites excluding steroid dienone is 12. The van der Waals surface area contributed by atoms with Crippen LogP contribution < -0.4 is 0 Å². The Bertz CT molecular complexity index is 531. The molecule has 1 N–H and O–H groups in total. The van der Waals surface area contributed by atoms with Crippen molar-refractivity contribution in [2.24, 2.45) is 0 Å². The van der Waals surface area contributed by atoms with Gasteiger partial charge in [0.05, 0.1) is 0 Å². The molecular formula is C22H30O3. The van der Waals surface area contributed by atoms with Crippen LogP contribution in [0.3, 0.4) is 0 Å². The van der Waals surface area contributed by atoms with Gasteiger partial charge in [0.2, 0.25) is 0 Å². The van der Waals surface area contributed by atoms with Crippen molar-refractivity contribution in [3.05, 3.63) is 72.9 Å². The van der Waals surface area contributed by atoms with E-state index in [1.54, 1.807) is 18.2 Å². The molecule has 0 heterocycles. The predicted octanol–water partition coefficient (Wildman–Crippen LogP) is 5.73. The monoisotopic (exact) mass is 342 g/mol. The number of hydrogen-bond acceptors (Lipinski definition) is 2. The van der Waals surface area contributed by atoms with Gasteiger partial charge in [0, 0.05) is 12.8 Å². The fraction of sp³-hybridized carbons (Fsp3) is 0.364. The number of ketones is 1. The molecule has 0 aromatic carbocycles. The normalized spacial score (nSPS) is 12.8. The minimum Gasteiger partial charge on any atom is -0.481 e. The van der Waals surface area contributed by atoms with Gasteiger partial charge >= 0.3 is 5.97 Å². The van der Waals surface area contributed by atoms with E-state index in [2.05, 4.69) is 43.4 Å². The molecule has 0 aliphatic carbocycles. The summed E-state index contributed by atoms with van der Waals surface area (Å²) < 4.78 is 0. The number of carbonyl (C=O) groups is 2. The van der Waals surface area contributed by atoms with Crippen molar-refractivity contribution in [1.29, 1.82) is 0 Å². The van der Waals surface area contributed by atoms with Gasteiger partial charge in [-0.2, -0.15) is 0 Å². The Balaban J connectivity index is 3.73. The van der Waals surface area contributed by atoms with Gasteiger partial charge in [-0.1, -0.05) is 73.8 Å². The van der Waals surface area contributed by atoms with Crippen LogP contribution in [0.15, 0.2) is 72.9 Å². The van der Waals surface area contributed by atoms with Gasteiger partial charge in [0.1, 0.15) is 0 Å².